The maximum absolute atomic E-state index is 5.38. The minimum absolute atomic E-state index is 0.381. The van der Waals surface area contributed by atoms with E-state index in [-0.39, 0.29) is 0 Å². The second-order valence-electron chi connectivity index (χ2n) is 4.56. The highest BCUT2D eigenvalue weighted by Crippen LogP contribution is 2.30. The molecule has 2 aromatic carbocycles. The van der Waals surface area contributed by atoms with E-state index in [1.807, 2.05) is 36.4 Å². The van der Waals surface area contributed by atoms with Gasteiger partial charge in [0.1, 0.15) is 5.75 Å². The number of hydrogen-bond acceptors (Lipinski definition) is 3. The molecule has 0 saturated heterocycles. The maximum atomic E-state index is 5.38. The molecular weight excluding hydrogens is 328 g/mol. The molecule has 2 rings (SSSR count). The number of benzene rings is 2. The summed E-state index contributed by atoms with van der Waals surface area (Å²) in [5, 5.41) is 6.70. The highest BCUT2D eigenvalue weighted by Gasteiger charge is 2.07. The molecule has 0 radical (unpaired) electrons. The van der Waals surface area contributed by atoms with Crippen LogP contribution in [0.2, 0.25) is 0 Å². The van der Waals surface area contributed by atoms with Gasteiger partial charge < -0.3 is 15.4 Å². The van der Waals surface area contributed by atoms with Crippen LogP contribution in [0.25, 0.3) is 11.1 Å². The van der Waals surface area contributed by atoms with Crippen LogP contribution in [-0.2, 0) is 0 Å². The Hall–Kier alpha value is -2.38. The summed E-state index contributed by atoms with van der Waals surface area (Å²) in [6, 6.07) is 16.0. The van der Waals surface area contributed by atoms with Crippen LogP contribution >= 0.6 is 24.4 Å². The second kappa shape index (κ2) is 8.30. The molecule has 4 N–H and O–H groups in total. The normalized spacial score (nSPS) is 9.65. The van der Waals surface area contributed by atoms with Gasteiger partial charge in [0.2, 0.25) is 0 Å². The maximum Gasteiger partial charge on any atom is 0.189 e. The van der Waals surface area contributed by atoms with E-state index in [0.29, 0.717) is 16.0 Å². The average molecular weight is 346 g/mol. The van der Waals surface area contributed by atoms with Crippen LogP contribution in [0, 0.1) is 0 Å². The third kappa shape index (κ3) is 4.80. The summed E-state index contributed by atoms with van der Waals surface area (Å²) in [6.07, 6.45) is 0. The van der Waals surface area contributed by atoms with Crippen molar-refractivity contribution in [3.05, 3.63) is 48.5 Å². The fourth-order valence-corrected chi connectivity index (χ4v) is 2.16. The summed E-state index contributed by atoms with van der Waals surface area (Å²) >= 11 is 10.2. The highest BCUT2D eigenvalue weighted by atomic mass is 32.1. The zero-order chi connectivity index (χ0) is 16.7. The lowest BCUT2D eigenvalue weighted by atomic mass is 10.0. The van der Waals surface area contributed by atoms with Crippen LogP contribution in [0.1, 0.15) is 0 Å². The topological polar surface area (TPSA) is 57.3 Å². The average Bonchev–Trinajstić information content (AvgIpc) is 2.60. The minimum Gasteiger partial charge on any atom is -0.495 e. The molecule has 0 bridgehead atoms. The van der Waals surface area contributed by atoms with Crippen molar-refractivity contribution >= 4 is 40.3 Å². The number of hydrazine groups is 1. The number of nitrogens with one attached hydrogen (secondary N) is 4. The lowest BCUT2D eigenvalue weighted by molar-refractivity contribution is 0.417. The molecule has 0 aromatic heterocycles. The summed E-state index contributed by atoms with van der Waals surface area (Å²) in [5.41, 5.74) is 8.51. The quantitative estimate of drug-likeness (QED) is 0.503. The van der Waals surface area contributed by atoms with Gasteiger partial charge in [-0.3, -0.25) is 10.9 Å². The van der Waals surface area contributed by atoms with Gasteiger partial charge in [0.15, 0.2) is 10.2 Å². The van der Waals surface area contributed by atoms with E-state index in [4.69, 9.17) is 29.2 Å². The molecule has 7 heteroatoms. The van der Waals surface area contributed by atoms with Crippen molar-refractivity contribution in [2.45, 2.75) is 0 Å². The molecule has 0 aliphatic carbocycles. The van der Waals surface area contributed by atoms with E-state index < -0.39 is 0 Å². The minimum atomic E-state index is 0.381. The summed E-state index contributed by atoms with van der Waals surface area (Å²) in [5.74, 6) is 0.699. The summed E-state index contributed by atoms with van der Waals surface area (Å²) in [6.45, 7) is 0. The van der Waals surface area contributed by atoms with Crippen molar-refractivity contribution in [3.8, 4) is 16.9 Å². The summed E-state index contributed by atoms with van der Waals surface area (Å²) in [7, 11) is 3.34. The van der Waals surface area contributed by atoms with Crippen molar-refractivity contribution in [2.24, 2.45) is 0 Å². The lowest BCUT2D eigenvalue weighted by Gasteiger charge is -2.16. The zero-order valence-electron chi connectivity index (χ0n) is 12.8. The first-order valence-electron chi connectivity index (χ1n) is 6.92. The van der Waals surface area contributed by atoms with E-state index in [1.54, 1.807) is 14.2 Å². The smallest absolute Gasteiger partial charge is 0.189 e. The molecule has 0 atom stereocenters. The second-order valence-corrected chi connectivity index (χ2v) is 5.38. The number of hydrogen-bond donors (Lipinski definition) is 4. The Bertz CT molecular complexity index is 692. The first-order chi connectivity index (χ1) is 11.1. The van der Waals surface area contributed by atoms with E-state index in [2.05, 4.69) is 33.6 Å². The Kier molecular flexibility index (Phi) is 6.13. The third-order valence-electron chi connectivity index (χ3n) is 3.07. The monoisotopic (exact) mass is 346 g/mol. The highest BCUT2D eigenvalue weighted by molar-refractivity contribution is 7.80. The van der Waals surface area contributed by atoms with Crippen molar-refractivity contribution < 1.29 is 4.74 Å². The van der Waals surface area contributed by atoms with Crippen molar-refractivity contribution in [2.75, 3.05) is 19.5 Å². The van der Waals surface area contributed by atoms with Gasteiger partial charge >= 0.3 is 0 Å². The van der Waals surface area contributed by atoms with Gasteiger partial charge in [-0.2, -0.15) is 0 Å². The molecule has 0 saturated carbocycles. The number of thiocarbonyl (C=S) groups is 2. The van der Waals surface area contributed by atoms with Gasteiger partial charge in [-0.25, -0.2) is 0 Å². The van der Waals surface area contributed by atoms with Crippen LogP contribution in [0.15, 0.2) is 48.5 Å². The van der Waals surface area contributed by atoms with Crippen molar-refractivity contribution in [1.29, 1.82) is 0 Å². The van der Waals surface area contributed by atoms with Crippen LogP contribution in [0.4, 0.5) is 5.69 Å². The Morgan fingerprint density at radius 1 is 0.913 bits per heavy atom. The molecule has 2 aromatic rings. The van der Waals surface area contributed by atoms with Crippen LogP contribution in [0.3, 0.4) is 0 Å². The fraction of sp³-hybridized carbons (Fsp3) is 0.125. The van der Waals surface area contributed by atoms with Gasteiger partial charge in [0.25, 0.3) is 0 Å². The zero-order valence-corrected chi connectivity index (χ0v) is 14.5. The number of methoxy groups -OCH3 is 1. The van der Waals surface area contributed by atoms with Crippen LogP contribution in [-0.4, -0.2) is 24.4 Å². The molecular formula is C16H18N4OS2. The largest absolute Gasteiger partial charge is 0.495 e. The number of rotatable bonds is 3. The van der Waals surface area contributed by atoms with E-state index in [9.17, 15) is 0 Å². The molecule has 5 nitrogen and oxygen atoms in total. The Morgan fingerprint density at radius 3 is 2.26 bits per heavy atom. The third-order valence-corrected chi connectivity index (χ3v) is 3.58. The molecule has 0 aliphatic heterocycles. The van der Waals surface area contributed by atoms with E-state index in [1.165, 1.54) is 0 Å². The predicted octanol–water partition coefficient (Wildman–Crippen LogP) is 2.66. The standard InChI is InChI=1S/C16H18N4OS2/c1-17-15(22)19-20-16(23)18-13-10-12(8-9-14(13)21-2)11-6-4-3-5-7-11/h3-10H,1-2H3,(H2,17,19,22)(H2,18,20,23). The summed E-state index contributed by atoms with van der Waals surface area (Å²) in [4.78, 5) is 0. The molecule has 0 amide bonds. The molecule has 23 heavy (non-hydrogen) atoms. The molecule has 0 heterocycles. The van der Waals surface area contributed by atoms with Crippen molar-refractivity contribution in [1.82, 2.24) is 16.2 Å². The Balaban J connectivity index is 2.16. The lowest BCUT2D eigenvalue weighted by Crippen LogP contribution is -2.47. The molecule has 120 valence electrons. The first kappa shape index (κ1) is 17.0. The summed E-state index contributed by atoms with van der Waals surface area (Å²) < 4.78 is 5.38. The molecule has 0 unspecified atom stereocenters. The molecule has 0 aliphatic rings. The SMILES string of the molecule is CNC(=S)NNC(=S)Nc1cc(-c2ccccc2)ccc1OC. The number of anilines is 1. The van der Waals surface area contributed by atoms with Gasteiger partial charge in [-0.05, 0) is 47.7 Å². The predicted molar refractivity (Wildman–Crippen MR) is 103 cm³/mol. The van der Waals surface area contributed by atoms with E-state index >= 15 is 0 Å². The van der Waals surface area contributed by atoms with Gasteiger partial charge in [0, 0.05) is 7.05 Å². The Morgan fingerprint density at radius 2 is 1.61 bits per heavy atom. The Labute approximate surface area is 146 Å². The van der Waals surface area contributed by atoms with Gasteiger partial charge in [-0.1, -0.05) is 36.4 Å². The fourth-order valence-electron chi connectivity index (χ4n) is 1.95. The van der Waals surface area contributed by atoms with Gasteiger partial charge in [0.05, 0.1) is 12.8 Å². The molecule has 0 spiro atoms. The van der Waals surface area contributed by atoms with E-state index in [0.717, 1.165) is 16.8 Å². The van der Waals surface area contributed by atoms with Gasteiger partial charge in [-0.15, -0.1) is 0 Å². The number of ether oxygens (including phenoxy) is 1. The van der Waals surface area contributed by atoms with Crippen LogP contribution in [0.5, 0.6) is 5.75 Å². The van der Waals surface area contributed by atoms with Crippen LogP contribution < -0.4 is 26.2 Å². The first-order valence-corrected chi connectivity index (χ1v) is 7.74. The van der Waals surface area contributed by atoms with Crippen molar-refractivity contribution in [3.63, 3.8) is 0 Å². The molecule has 0 fully saturated rings.